The van der Waals surface area contributed by atoms with Crippen molar-refractivity contribution in [1.82, 2.24) is 10.1 Å². The summed E-state index contributed by atoms with van der Waals surface area (Å²) in [6, 6.07) is 11.3. The number of nitrogens with two attached hydrogens (primary N) is 1. The number of aromatic nitrogens is 2. The van der Waals surface area contributed by atoms with Crippen molar-refractivity contribution in [3.8, 4) is 22.2 Å². The van der Waals surface area contributed by atoms with Crippen LogP contribution in [0, 0.1) is 0 Å². The van der Waals surface area contributed by atoms with E-state index in [1.165, 1.54) is 0 Å². The van der Waals surface area contributed by atoms with Crippen molar-refractivity contribution >= 4 is 33.0 Å². The Kier molecular flexibility index (Phi) is 2.89. The summed E-state index contributed by atoms with van der Waals surface area (Å²) in [6.07, 6.45) is 0. The summed E-state index contributed by atoms with van der Waals surface area (Å²) in [6.45, 7) is 0. The number of thiophene rings is 1. The van der Waals surface area contributed by atoms with Gasteiger partial charge in [0.15, 0.2) is 0 Å². The molecule has 0 atom stereocenters. The van der Waals surface area contributed by atoms with Gasteiger partial charge >= 0.3 is 0 Å². The largest absolute Gasteiger partial charge is 0.399 e. The molecule has 2 aromatic heterocycles. The minimum atomic E-state index is 0.525. The van der Waals surface area contributed by atoms with Crippen molar-refractivity contribution in [1.29, 1.82) is 0 Å². The number of nitrogen functional groups attached to an aromatic ring is 1. The standard InChI is InChI=1S/C12H8BrN3OS/c13-10-6-5-9(18-10)12-15-11(16-17-12)7-1-3-8(14)4-2-7/h1-6H,14H2. The van der Waals surface area contributed by atoms with Crippen LogP contribution in [-0.2, 0) is 0 Å². The lowest BCUT2D eigenvalue weighted by atomic mass is 10.2. The summed E-state index contributed by atoms with van der Waals surface area (Å²) < 4.78 is 6.28. The zero-order chi connectivity index (χ0) is 12.5. The summed E-state index contributed by atoms with van der Waals surface area (Å²) in [5, 5.41) is 3.97. The van der Waals surface area contributed by atoms with Crippen molar-refractivity contribution in [3.63, 3.8) is 0 Å². The fourth-order valence-electron chi connectivity index (χ4n) is 1.50. The summed E-state index contributed by atoms with van der Waals surface area (Å²) >= 11 is 4.96. The average Bonchev–Trinajstić information content (AvgIpc) is 2.98. The molecule has 0 aliphatic rings. The number of hydrogen-bond donors (Lipinski definition) is 1. The maximum atomic E-state index is 5.64. The van der Waals surface area contributed by atoms with Crippen LogP contribution >= 0.6 is 27.3 Å². The number of hydrogen-bond acceptors (Lipinski definition) is 5. The predicted octanol–water partition coefficient (Wildman–Crippen LogP) is 3.81. The Labute approximate surface area is 116 Å². The topological polar surface area (TPSA) is 64.9 Å². The molecule has 0 unspecified atom stereocenters. The van der Waals surface area contributed by atoms with E-state index < -0.39 is 0 Å². The van der Waals surface area contributed by atoms with E-state index in [9.17, 15) is 0 Å². The Hall–Kier alpha value is -1.66. The Morgan fingerprint density at radius 1 is 1.11 bits per heavy atom. The Morgan fingerprint density at radius 2 is 1.89 bits per heavy atom. The van der Waals surface area contributed by atoms with Crippen molar-refractivity contribution < 1.29 is 4.52 Å². The van der Waals surface area contributed by atoms with Crippen LogP contribution < -0.4 is 5.73 Å². The Balaban J connectivity index is 1.96. The van der Waals surface area contributed by atoms with Gasteiger partial charge in [-0.1, -0.05) is 5.16 Å². The minimum absolute atomic E-state index is 0.525. The third-order valence-corrected chi connectivity index (χ3v) is 3.99. The van der Waals surface area contributed by atoms with E-state index in [1.807, 2.05) is 36.4 Å². The van der Waals surface area contributed by atoms with Gasteiger partial charge in [0, 0.05) is 11.3 Å². The third kappa shape index (κ3) is 2.16. The highest BCUT2D eigenvalue weighted by molar-refractivity contribution is 9.11. The molecule has 6 heteroatoms. The molecule has 4 nitrogen and oxygen atoms in total. The van der Waals surface area contributed by atoms with E-state index in [0.717, 1.165) is 14.2 Å². The molecule has 0 aliphatic heterocycles. The monoisotopic (exact) mass is 321 g/mol. The van der Waals surface area contributed by atoms with Gasteiger partial charge in [-0.3, -0.25) is 0 Å². The zero-order valence-corrected chi connectivity index (χ0v) is 11.5. The molecule has 0 amide bonds. The maximum absolute atomic E-state index is 5.64. The molecule has 0 saturated heterocycles. The van der Waals surface area contributed by atoms with Crippen LogP contribution in [0.15, 0.2) is 44.7 Å². The fourth-order valence-corrected chi connectivity index (χ4v) is 2.81. The van der Waals surface area contributed by atoms with Crippen LogP contribution in [0.1, 0.15) is 0 Å². The number of halogens is 1. The van der Waals surface area contributed by atoms with Crippen LogP contribution in [-0.4, -0.2) is 10.1 Å². The summed E-state index contributed by atoms with van der Waals surface area (Å²) in [5.74, 6) is 1.09. The summed E-state index contributed by atoms with van der Waals surface area (Å²) in [4.78, 5) is 5.31. The van der Waals surface area contributed by atoms with E-state index in [2.05, 4.69) is 26.1 Å². The summed E-state index contributed by atoms with van der Waals surface area (Å²) in [5.41, 5.74) is 7.23. The van der Waals surface area contributed by atoms with E-state index in [-0.39, 0.29) is 0 Å². The molecule has 90 valence electrons. The quantitative estimate of drug-likeness (QED) is 0.729. The fraction of sp³-hybridized carbons (Fsp3) is 0. The van der Waals surface area contributed by atoms with Crippen molar-refractivity contribution in [3.05, 3.63) is 40.2 Å². The number of benzene rings is 1. The van der Waals surface area contributed by atoms with Gasteiger partial charge in [0.1, 0.15) is 0 Å². The van der Waals surface area contributed by atoms with Gasteiger partial charge in [0.2, 0.25) is 5.82 Å². The first-order chi connectivity index (χ1) is 8.72. The SMILES string of the molecule is Nc1ccc(-c2noc(-c3ccc(Br)s3)n2)cc1. The molecule has 3 rings (SSSR count). The molecule has 0 fully saturated rings. The van der Waals surface area contributed by atoms with Crippen LogP contribution in [0.25, 0.3) is 22.2 Å². The first kappa shape index (κ1) is 11.4. The highest BCUT2D eigenvalue weighted by atomic mass is 79.9. The van der Waals surface area contributed by atoms with Crippen molar-refractivity contribution in [2.45, 2.75) is 0 Å². The normalized spacial score (nSPS) is 10.7. The lowest BCUT2D eigenvalue weighted by Gasteiger charge is -1.94. The molecular weight excluding hydrogens is 314 g/mol. The van der Waals surface area contributed by atoms with Crippen LogP contribution in [0.4, 0.5) is 5.69 Å². The van der Waals surface area contributed by atoms with Gasteiger partial charge in [-0.05, 0) is 52.3 Å². The first-order valence-electron chi connectivity index (χ1n) is 5.18. The van der Waals surface area contributed by atoms with Gasteiger partial charge in [-0.2, -0.15) is 4.98 Å². The second-order valence-electron chi connectivity index (χ2n) is 3.65. The molecule has 2 N–H and O–H groups in total. The van der Waals surface area contributed by atoms with E-state index in [4.69, 9.17) is 10.3 Å². The molecule has 0 aliphatic carbocycles. The van der Waals surface area contributed by atoms with Crippen LogP contribution in [0.5, 0.6) is 0 Å². The molecule has 3 aromatic rings. The molecule has 0 saturated carbocycles. The molecule has 0 bridgehead atoms. The molecule has 0 radical (unpaired) electrons. The highest BCUT2D eigenvalue weighted by Gasteiger charge is 2.12. The van der Waals surface area contributed by atoms with Crippen molar-refractivity contribution in [2.24, 2.45) is 0 Å². The number of anilines is 1. The van der Waals surface area contributed by atoms with Crippen molar-refractivity contribution in [2.75, 3.05) is 5.73 Å². The third-order valence-electron chi connectivity index (χ3n) is 2.38. The zero-order valence-electron chi connectivity index (χ0n) is 9.13. The molecular formula is C12H8BrN3OS. The van der Waals surface area contributed by atoms with Gasteiger partial charge in [-0.15, -0.1) is 11.3 Å². The van der Waals surface area contributed by atoms with E-state index in [1.54, 1.807) is 11.3 Å². The van der Waals surface area contributed by atoms with Gasteiger partial charge < -0.3 is 10.3 Å². The Morgan fingerprint density at radius 3 is 2.56 bits per heavy atom. The Bertz CT molecular complexity index is 675. The average molecular weight is 322 g/mol. The van der Waals surface area contributed by atoms with Gasteiger partial charge in [0.25, 0.3) is 5.89 Å². The van der Waals surface area contributed by atoms with E-state index in [0.29, 0.717) is 17.4 Å². The minimum Gasteiger partial charge on any atom is -0.399 e. The lowest BCUT2D eigenvalue weighted by Crippen LogP contribution is -1.85. The maximum Gasteiger partial charge on any atom is 0.268 e. The molecule has 1 aromatic carbocycles. The lowest BCUT2D eigenvalue weighted by molar-refractivity contribution is 0.433. The van der Waals surface area contributed by atoms with Gasteiger partial charge in [-0.25, -0.2) is 0 Å². The smallest absolute Gasteiger partial charge is 0.268 e. The van der Waals surface area contributed by atoms with Crippen LogP contribution in [0.3, 0.4) is 0 Å². The summed E-state index contributed by atoms with van der Waals surface area (Å²) in [7, 11) is 0. The molecule has 0 spiro atoms. The van der Waals surface area contributed by atoms with Gasteiger partial charge in [0.05, 0.1) is 8.66 Å². The second-order valence-corrected chi connectivity index (χ2v) is 6.11. The van der Waals surface area contributed by atoms with Crippen LogP contribution in [0.2, 0.25) is 0 Å². The number of nitrogens with zero attached hydrogens (tertiary/aromatic N) is 2. The highest BCUT2D eigenvalue weighted by Crippen LogP contribution is 2.31. The molecule has 2 heterocycles. The predicted molar refractivity (Wildman–Crippen MR) is 75.2 cm³/mol. The molecule has 18 heavy (non-hydrogen) atoms. The first-order valence-corrected chi connectivity index (χ1v) is 6.78. The number of rotatable bonds is 2. The second kappa shape index (κ2) is 4.55. The van der Waals surface area contributed by atoms with E-state index >= 15 is 0 Å².